The third-order valence-electron chi connectivity index (χ3n) is 3.61. The molecule has 0 bridgehead atoms. The van der Waals surface area contributed by atoms with E-state index >= 15 is 0 Å². The van der Waals surface area contributed by atoms with Gasteiger partial charge in [-0.3, -0.25) is 0 Å². The molecule has 1 aliphatic rings. The molecular weight excluding hydrogens is 248 g/mol. The lowest BCUT2D eigenvalue weighted by molar-refractivity contribution is 0.489. The summed E-state index contributed by atoms with van der Waals surface area (Å²) in [4.78, 5) is 0.645. The van der Waals surface area contributed by atoms with Gasteiger partial charge in [0.05, 0.1) is 0 Å². The number of hydrogen-bond donors (Lipinski definition) is 0. The SMILES string of the molecule is Cc1ccccc1CC(Br)C(C)C1CC1. The predicted octanol–water partition coefficient (Wildman–Crippen LogP) is 4.35. The van der Waals surface area contributed by atoms with Crippen molar-refractivity contribution in [3.05, 3.63) is 35.4 Å². The number of alkyl halides is 1. The van der Waals surface area contributed by atoms with Crippen LogP contribution >= 0.6 is 15.9 Å². The maximum Gasteiger partial charge on any atom is 0.0214 e. The second kappa shape index (κ2) is 4.69. The number of halogens is 1. The smallest absolute Gasteiger partial charge is 0.0214 e. The van der Waals surface area contributed by atoms with E-state index in [-0.39, 0.29) is 0 Å². The zero-order chi connectivity index (χ0) is 10.8. The zero-order valence-electron chi connectivity index (χ0n) is 9.54. The summed E-state index contributed by atoms with van der Waals surface area (Å²) in [7, 11) is 0. The molecule has 0 saturated heterocycles. The average molecular weight is 267 g/mol. The first-order chi connectivity index (χ1) is 7.18. The van der Waals surface area contributed by atoms with Gasteiger partial charge in [-0.2, -0.15) is 0 Å². The molecule has 1 aromatic rings. The summed E-state index contributed by atoms with van der Waals surface area (Å²) in [5.74, 6) is 1.81. The zero-order valence-corrected chi connectivity index (χ0v) is 11.1. The van der Waals surface area contributed by atoms with Gasteiger partial charge in [-0.05, 0) is 49.1 Å². The summed E-state index contributed by atoms with van der Waals surface area (Å²) in [5, 5.41) is 0. The maximum atomic E-state index is 3.85. The Morgan fingerprint density at radius 1 is 1.33 bits per heavy atom. The molecule has 2 atom stereocenters. The fraction of sp³-hybridized carbons (Fsp3) is 0.571. The van der Waals surface area contributed by atoms with Crippen LogP contribution in [0.25, 0.3) is 0 Å². The van der Waals surface area contributed by atoms with Crippen molar-refractivity contribution in [2.45, 2.75) is 37.9 Å². The van der Waals surface area contributed by atoms with Crippen molar-refractivity contribution in [3.63, 3.8) is 0 Å². The summed E-state index contributed by atoms with van der Waals surface area (Å²) in [6.07, 6.45) is 4.05. The van der Waals surface area contributed by atoms with E-state index in [0.29, 0.717) is 4.83 Å². The Balaban J connectivity index is 1.98. The van der Waals surface area contributed by atoms with Gasteiger partial charge in [0.15, 0.2) is 0 Å². The highest BCUT2D eigenvalue weighted by Gasteiger charge is 2.32. The number of rotatable bonds is 4. The van der Waals surface area contributed by atoms with Crippen molar-refractivity contribution in [3.8, 4) is 0 Å². The van der Waals surface area contributed by atoms with E-state index in [9.17, 15) is 0 Å². The second-order valence-corrected chi connectivity index (χ2v) is 6.02. The van der Waals surface area contributed by atoms with Crippen molar-refractivity contribution >= 4 is 15.9 Å². The molecule has 0 aromatic heterocycles. The highest BCUT2D eigenvalue weighted by atomic mass is 79.9. The van der Waals surface area contributed by atoms with Crippen LogP contribution in [0.15, 0.2) is 24.3 Å². The molecule has 0 radical (unpaired) electrons. The topological polar surface area (TPSA) is 0 Å². The first-order valence-corrected chi connectivity index (χ1v) is 6.78. The van der Waals surface area contributed by atoms with Gasteiger partial charge in [-0.15, -0.1) is 0 Å². The summed E-state index contributed by atoms with van der Waals surface area (Å²) >= 11 is 3.85. The number of hydrogen-bond acceptors (Lipinski definition) is 0. The standard InChI is InChI=1S/C14H19Br/c1-10-5-3-4-6-13(10)9-14(15)11(2)12-7-8-12/h3-6,11-12,14H,7-9H2,1-2H3. The van der Waals surface area contributed by atoms with E-state index < -0.39 is 0 Å². The van der Waals surface area contributed by atoms with Crippen LogP contribution in [0, 0.1) is 18.8 Å². The van der Waals surface area contributed by atoms with Gasteiger partial charge in [0, 0.05) is 4.83 Å². The van der Waals surface area contributed by atoms with Crippen LogP contribution in [0.5, 0.6) is 0 Å². The minimum atomic E-state index is 0.645. The molecule has 0 aliphatic heterocycles. The Morgan fingerprint density at radius 2 is 2.00 bits per heavy atom. The molecule has 0 heterocycles. The molecule has 1 fully saturated rings. The first kappa shape index (κ1) is 11.2. The number of benzene rings is 1. The van der Waals surface area contributed by atoms with Gasteiger partial charge in [-0.1, -0.05) is 47.1 Å². The summed E-state index contributed by atoms with van der Waals surface area (Å²) in [6, 6.07) is 8.72. The molecule has 1 aliphatic carbocycles. The van der Waals surface area contributed by atoms with Gasteiger partial charge in [0.25, 0.3) is 0 Å². The highest BCUT2D eigenvalue weighted by Crippen LogP contribution is 2.41. The Bertz CT molecular complexity index is 328. The molecule has 0 amide bonds. The van der Waals surface area contributed by atoms with E-state index in [1.807, 2.05) is 0 Å². The van der Waals surface area contributed by atoms with Gasteiger partial charge >= 0.3 is 0 Å². The number of aryl methyl sites for hydroxylation is 1. The Hall–Kier alpha value is -0.300. The molecule has 15 heavy (non-hydrogen) atoms. The van der Waals surface area contributed by atoms with Crippen molar-refractivity contribution in [2.24, 2.45) is 11.8 Å². The molecule has 2 unspecified atom stereocenters. The normalized spacial score (nSPS) is 19.9. The molecule has 0 nitrogen and oxygen atoms in total. The van der Waals surface area contributed by atoms with Gasteiger partial charge in [-0.25, -0.2) is 0 Å². The maximum absolute atomic E-state index is 3.85. The van der Waals surface area contributed by atoms with E-state index in [1.54, 1.807) is 0 Å². The quantitative estimate of drug-likeness (QED) is 0.711. The predicted molar refractivity (Wildman–Crippen MR) is 69.5 cm³/mol. The van der Waals surface area contributed by atoms with Crippen molar-refractivity contribution in [1.82, 2.24) is 0 Å². The lowest BCUT2D eigenvalue weighted by Crippen LogP contribution is -2.16. The fourth-order valence-electron chi connectivity index (χ4n) is 2.15. The summed E-state index contributed by atoms with van der Waals surface area (Å²) in [6.45, 7) is 4.59. The third-order valence-corrected chi connectivity index (χ3v) is 4.77. The largest absolute Gasteiger partial charge is 0.0884 e. The fourth-order valence-corrected chi connectivity index (χ4v) is 2.93. The molecule has 82 valence electrons. The van der Waals surface area contributed by atoms with Crippen LogP contribution in [0.2, 0.25) is 0 Å². The van der Waals surface area contributed by atoms with Crippen molar-refractivity contribution in [2.75, 3.05) is 0 Å². The van der Waals surface area contributed by atoms with Crippen LogP contribution in [0.4, 0.5) is 0 Å². The highest BCUT2D eigenvalue weighted by molar-refractivity contribution is 9.09. The van der Waals surface area contributed by atoms with Gasteiger partial charge < -0.3 is 0 Å². The molecule has 0 spiro atoms. The van der Waals surface area contributed by atoms with Gasteiger partial charge in [0.2, 0.25) is 0 Å². The lowest BCUT2D eigenvalue weighted by Gasteiger charge is -2.18. The van der Waals surface area contributed by atoms with Crippen LogP contribution in [-0.4, -0.2) is 4.83 Å². The first-order valence-electron chi connectivity index (χ1n) is 5.87. The second-order valence-electron chi connectivity index (χ2n) is 4.84. The van der Waals surface area contributed by atoms with E-state index in [4.69, 9.17) is 0 Å². The molecule has 1 heteroatoms. The minimum absolute atomic E-state index is 0.645. The van der Waals surface area contributed by atoms with E-state index in [2.05, 4.69) is 54.0 Å². The lowest BCUT2D eigenvalue weighted by atomic mass is 9.95. The van der Waals surface area contributed by atoms with E-state index in [1.165, 1.54) is 30.4 Å². The summed E-state index contributed by atoms with van der Waals surface area (Å²) < 4.78 is 0. The van der Waals surface area contributed by atoms with Crippen LogP contribution in [0.3, 0.4) is 0 Å². The summed E-state index contributed by atoms with van der Waals surface area (Å²) in [5.41, 5.74) is 2.91. The minimum Gasteiger partial charge on any atom is -0.0884 e. The molecule has 1 saturated carbocycles. The molecule has 2 rings (SSSR count). The Morgan fingerprint density at radius 3 is 2.60 bits per heavy atom. The third kappa shape index (κ3) is 2.84. The van der Waals surface area contributed by atoms with Crippen LogP contribution in [-0.2, 0) is 6.42 Å². The molecular formula is C14H19Br. The van der Waals surface area contributed by atoms with Crippen molar-refractivity contribution in [1.29, 1.82) is 0 Å². The van der Waals surface area contributed by atoms with Crippen molar-refractivity contribution < 1.29 is 0 Å². The monoisotopic (exact) mass is 266 g/mol. The van der Waals surface area contributed by atoms with Gasteiger partial charge in [0.1, 0.15) is 0 Å². The van der Waals surface area contributed by atoms with Crippen LogP contribution in [0.1, 0.15) is 30.9 Å². The van der Waals surface area contributed by atoms with E-state index in [0.717, 1.165) is 11.8 Å². The Labute approximate surface area is 101 Å². The Kier molecular flexibility index (Phi) is 3.50. The van der Waals surface area contributed by atoms with Crippen LogP contribution < -0.4 is 0 Å². The molecule has 0 N–H and O–H groups in total. The molecule has 1 aromatic carbocycles. The average Bonchev–Trinajstić information content (AvgIpc) is 3.04.